The predicted octanol–water partition coefficient (Wildman–Crippen LogP) is 1.51. The van der Waals surface area contributed by atoms with Crippen LogP contribution in [-0.2, 0) is 6.42 Å². The van der Waals surface area contributed by atoms with E-state index < -0.39 is 10.8 Å². The molecule has 110 valence electrons. The summed E-state index contributed by atoms with van der Waals surface area (Å²) in [5.41, 5.74) is 5.18. The lowest BCUT2D eigenvalue weighted by molar-refractivity contribution is -0.384. The number of carbonyl (C=O) groups excluding carboxylic acids is 1. The number of thiazole rings is 1. The van der Waals surface area contributed by atoms with Crippen LogP contribution in [0.15, 0.2) is 23.6 Å². The highest BCUT2D eigenvalue weighted by atomic mass is 32.1. The molecule has 1 amide bonds. The first kappa shape index (κ1) is 14.9. The van der Waals surface area contributed by atoms with Gasteiger partial charge in [-0.25, -0.2) is 4.98 Å². The molecule has 0 atom stereocenters. The van der Waals surface area contributed by atoms with E-state index in [1.165, 1.54) is 23.5 Å². The number of nitro benzene ring substituents is 1. The molecule has 0 unspecified atom stereocenters. The van der Waals surface area contributed by atoms with Crippen molar-refractivity contribution in [2.45, 2.75) is 6.42 Å². The van der Waals surface area contributed by atoms with Crippen LogP contribution < -0.4 is 11.1 Å². The van der Waals surface area contributed by atoms with Gasteiger partial charge in [-0.15, -0.1) is 11.3 Å². The van der Waals surface area contributed by atoms with E-state index in [9.17, 15) is 20.0 Å². The molecule has 0 radical (unpaired) electrons. The highest BCUT2D eigenvalue weighted by Crippen LogP contribution is 2.28. The first-order valence-corrected chi connectivity index (χ1v) is 6.82. The van der Waals surface area contributed by atoms with E-state index in [1.807, 2.05) is 0 Å². The minimum atomic E-state index is -0.684. The summed E-state index contributed by atoms with van der Waals surface area (Å²) in [6.07, 6.45) is 0.567. The molecule has 8 nitrogen and oxygen atoms in total. The Labute approximate surface area is 123 Å². The fourth-order valence-electron chi connectivity index (χ4n) is 1.62. The smallest absolute Gasteiger partial charge is 0.296 e. The maximum absolute atomic E-state index is 12.0. The fraction of sp³-hybridized carbons (Fsp3) is 0.167. The molecule has 0 saturated heterocycles. The summed E-state index contributed by atoms with van der Waals surface area (Å²) in [5.74, 6) is -0.804. The van der Waals surface area contributed by atoms with Crippen LogP contribution in [0.3, 0.4) is 0 Å². The van der Waals surface area contributed by atoms with Gasteiger partial charge in [-0.3, -0.25) is 14.9 Å². The predicted molar refractivity (Wildman–Crippen MR) is 77.6 cm³/mol. The molecule has 1 aromatic carbocycles. The average Bonchev–Trinajstić information content (AvgIpc) is 2.89. The molecule has 9 heteroatoms. The van der Waals surface area contributed by atoms with Crippen LogP contribution in [0.4, 0.5) is 11.4 Å². The lowest BCUT2D eigenvalue weighted by atomic mass is 10.2. The molecule has 0 aliphatic carbocycles. The van der Waals surface area contributed by atoms with Crippen LogP contribution in [0.1, 0.15) is 15.5 Å². The first-order valence-electron chi connectivity index (χ1n) is 5.94. The molecule has 0 saturated carbocycles. The van der Waals surface area contributed by atoms with Gasteiger partial charge >= 0.3 is 0 Å². The summed E-state index contributed by atoms with van der Waals surface area (Å²) < 4.78 is 0. The maximum Gasteiger partial charge on any atom is 0.296 e. The van der Waals surface area contributed by atoms with Crippen molar-refractivity contribution in [3.8, 4) is 5.75 Å². The van der Waals surface area contributed by atoms with Crippen molar-refractivity contribution in [1.29, 1.82) is 0 Å². The van der Waals surface area contributed by atoms with Gasteiger partial charge in [0.25, 0.3) is 11.6 Å². The SMILES string of the molecule is NCCc1nc(C(=O)Nc2ccc(O)cc2[N+](=O)[O-])cs1. The van der Waals surface area contributed by atoms with Crippen molar-refractivity contribution < 1.29 is 14.8 Å². The Kier molecular flexibility index (Phi) is 4.45. The van der Waals surface area contributed by atoms with Crippen molar-refractivity contribution in [3.05, 3.63) is 44.4 Å². The fourth-order valence-corrected chi connectivity index (χ4v) is 2.41. The number of hydrogen-bond acceptors (Lipinski definition) is 7. The van der Waals surface area contributed by atoms with Crippen molar-refractivity contribution in [2.75, 3.05) is 11.9 Å². The molecule has 0 bridgehead atoms. The summed E-state index contributed by atoms with van der Waals surface area (Å²) >= 11 is 1.30. The van der Waals surface area contributed by atoms with Gasteiger partial charge in [0.05, 0.1) is 16.0 Å². The summed E-state index contributed by atoms with van der Waals surface area (Å²) in [5, 5.41) is 24.9. The lowest BCUT2D eigenvalue weighted by Gasteiger charge is -2.04. The Bertz CT molecular complexity index is 686. The standard InChI is InChI=1S/C12H12N4O4S/c13-4-3-11-14-9(6-21-11)12(18)15-8-2-1-7(17)5-10(8)16(19)20/h1-2,5-6,17H,3-4,13H2,(H,15,18). The number of amides is 1. The number of nitrogens with two attached hydrogens (primary N) is 1. The number of hydrogen-bond donors (Lipinski definition) is 3. The highest BCUT2D eigenvalue weighted by molar-refractivity contribution is 7.09. The Morgan fingerprint density at radius 3 is 2.95 bits per heavy atom. The third-order valence-electron chi connectivity index (χ3n) is 2.57. The molecule has 0 spiro atoms. The van der Waals surface area contributed by atoms with Crippen LogP contribution in [0, 0.1) is 10.1 Å². The van der Waals surface area contributed by atoms with Gasteiger partial charge < -0.3 is 16.2 Å². The normalized spacial score (nSPS) is 10.3. The van der Waals surface area contributed by atoms with Crippen molar-refractivity contribution in [2.24, 2.45) is 5.73 Å². The third-order valence-corrected chi connectivity index (χ3v) is 3.48. The second-order valence-electron chi connectivity index (χ2n) is 4.08. The number of carbonyl (C=O) groups is 1. The number of nitro groups is 1. The zero-order valence-corrected chi connectivity index (χ0v) is 11.6. The summed E-state index contributed by atoms with van der Waals surface area (Å²) in [6.45, 7) is 0.429. The van der Waals surface area contributed by atoms with E-state index >= 15 is 0 Å². The number of phenols is 1. The average molecular weight is 308 g/mol. The van der Waals surface area contributed by atoms with Gasteiger partial charge in [0, 0.05) is 11.8 Å². The zero-order valence-electron chi connectivity index (χ0n) is 10.8. The number of aromatic nitrogens is 1. The number of aromatic hydroxyl groups is 1. The molecule has 0 fully saturated rings. The molecular formula is C12H12N4O4S. The minimum absolute atomic E-state index is 0.00354. The summed E-state index contributed by atoms with van der Waals surface area (Å²) in [6, 6.07) is 3.48. The van der Waals surface area contributed by atoms with Crippen molar-refractivity contribution in [3.63, 3.8) is 0 Å². The van der Waals surface area contributed by atoms with Gasteiger partial charge in [0.15, 0.2) is 0 Å². The number of anilines is 1. The molecule has 2 aromatic rings. The first-order chi connectivity index (χ1) is 10.0. The third kappa shape index (κ3) is 3.52. The second-order valence-corrected chi connectivity index (χ2v) is 5.02. The molecule has 1 heterocycles. The number of phenolic OH excluding ortho intramolecular Hbond substituents is 1. The number of nitrogens with zero attached hydrogens (tertiary/aromatic N) is 2. The molecule has 0 aliphatic heterocycles. The van der Waals surface area contributed by atoms with Gasteiger partial charge in [-0.05, 0) is 18.7 Å². The topological polar surface area (TPSA) is 131 Å². The molecule has 21 heavy (non-hydrogen) atoms. The van der Waals surface area contributed by atoms with Crippen molar-refractivity contribution in [1.82, 2.24) is 4.98 Å². The van der Waals surface area contributed by atoms with Crippen LogP contribution in [0.5, 0.6) is 5.75 Å². The van der Waals surface area contributed by atoms with Gasteiger partial charge in [0.2, 0.25) is 0 Å². The number of benzene rings is 1. The summed E-state index contributed by atoms with van der Waals surface area (Å²) in [7, 11) is 0. The van der Waals surface area contributed by atoms with Crippen LogP contribution in [0.2, 0.25) is 0 Å². The van der Waals surface area contributed by atoms with E-state index in [-0.39, 0.29) is 22.8 Å². The maximum atomic E-state index is 12.0. The monoisotopic (exact) mass is 308 g/mol. The Morgan fingerprint density at radius 1 is 1.52 bits per heavy atom. The van der Waals surface area contributed by atoms with E-state index in [2.05, 4.69) is 10.3 Å². The number of rotatable bonds is 5. The largest absolute Gasteiger partial charge is 0.508 e. The highest BCUT2D eigenvalue weighted by Gasteiger charge is 2.18. The van der Waals surface area contributed by atoms with E-state index in [0.717, 1.165) is 11.1 Å². The van der Waals surface area contributed by atoms with Crippen molar-refractivity contribution >= 4 is 28.6 Å². The second kappa shape index (κ2) is 6.29. The van der Waals surface area contributed by atoms with Gasteiger partial charge in [-0.1, -0.05) is 0 Å². The molecule has 4 N–H and O–H groups in total. The van der Waals surface area contributed by atoms with Crippen LogP contribution >= 0.6 is 11.3 Å². The summed E-state index contributed by atoms with van der Waals surface area (Å²) in [4.78, 5) is 26.3. The van der Waals surface area contributed by atoms with E-state index in [1.54, 1.807) is 5.38 Å². The molecule has 0 aliphatic rings. The van der Waals surface area contributed by atoms with E-state index in [0.29, 0.717) is 13.0 Å². The zero-order chi connectivity index (χ0) is 15.4. The van der Waals surface area contributed by atoms with Crippen LogP contribution in [-0.4, -0.2) is 27.5 Å². The molecule has 1 aromatic heterocycles. The minimum Gasteiger partial charge on any atom is -0.508 e. The van der Waals surface area contributed by atoms with Gasteiger partial charge in [-0.2, -0.15) is 0 Å². The molecular weight excluding hydrogens is 296 g/mol. The Balaban J connectivity index is 2.20. The Hall–Kier alpha value is -2.52. The Morgan fingerprint density at radius 2 is 2.29 bits per heavy atom. The van der Waals surface area contributed by atoms with Crippen LogP contribution in [0.25, 0.3) is 0 Å². The van der Waals surface area contributed by atoms with E-state index in [4.69, 9.17) is 5.73 Å². The number of nitrogens with one attached hydrogen (secondary N) is 1. The molecule has 2 rings (SSSR count). The van der Waals surface area contributed by atoms with Gasteiger partial charge in [0.1, 0.15) is 17.1 Å². The quantitative estimate of drug-likeness (QED) is 0.436. The lowest BCUT2D eigenvalue weighted by Crippen LogP contribution is -2.14.